The Balaban J connectivity index is 1.30. The lowest BCUT2D eigenvalue weighted by Gasteiger charge is -2.45. The van der Waals surface area contributed by atoms with Crippen LogP contribution < -0.4 is 10.9 Å². The van der Waals surface area contributed by atoms with E-state index in [-0.39, 0.29) is 22.9 Å². The number of hydrogen-bond acceptors (Lipinski definition) is 2. The molecule has 31 heavy (non-hydrogen) atoms. The van der Waals surface area contributed by atoms with E-state index in [2.05, 4.69) is 58.8 Å². The van der Waals surface area contributed by atoms with E-state index >= 15 is 0 Å². The second-order valence-corrected chi connectivity index (χ2v) is 8.59. The van der Waals surface area contributed by atoms with E-state index in [9.17, 15) is 9.59 Å². The minimum atomic E-state index is -0.350. The average Bonchev–Trinajstić information content (AvgIpc) is 2.82. The second-order valence-electron chi connectivity index (χ2n) is 8.59. The number of carbonyl (C=O) groups is 1. The molecule has 1 unspecified atom stereocenters. The normalized spacial score (nSPS) is 20.8. The molecule has 0 saturated carbocycles. The Morgan fingerprint density at radius 2 is 1.48 bits per heavy atom. The maximum absolute atomic E-state index is 12.9. The number of para-hydroxylation sites is 1. The fourth-order valence-electron chi connectivity index (χ4n) is 5.59. The number of H-pyrrole nitrogens is 1. The number of aromatic amines is 1. The first kappa shape index (κ1) is 18.1. The molecule has 7 rings (SSSR count). The van der Waals surface area contributed by atoms with Crippen molar-refractivity contribution in [2.24, 2.45) is 5.92 Å². The second kappa shape index (κ2) is 6.95. The van der Waals surface area contributed by atoms with Crippen LogP contribution >= 0.6 is 0 Å². The first-order chi connectivity index (χ1) is 15.2. The van der Waals surface area contributed by atoms with E-state index in [0.29, 0.717) is 18.4 Å². The van der Waals surface area contributed by atoms with Gasteiger partial charge < -0.3 is 10.3 Å². The van der Waals surface area contributed by atoms with Gasteiger partial charge in [-0.2, -0.15) is 0 Å². The van der Waals surface area contributed by atoms with Crippen LogP contribution in [-0.4, -0.2) is 17.4 Å². The van der Waals surface area contributed by atoms with Gasteiger partial charge in [0.1, 0.15) is 5.56 Å². The number of amides is 1. The summed E-state index contributed by atoms with van der Waals surface area (Å²) in [5.41, 5.74) is 6.14. The van der Waals surface area contributed by atoms with Gasteiger partial charge in [0.2, 0.25) is 0 Å². The highest BCUT2D eigenvalue weighted by Gasteiger charge is 2.42. The Kier molecular flexibility index (Phi) is 4.06. The van der Waals surface area contributed by atoms with Crippen molar-refractivity contribution >= 4 is 16.8 Å². The molecule has 2 N–H and O–H groups in total. The Labute approximate surface area is 179 Å². The predicted octanol–water partition coefficient (Wildman–Crippen LogP) is 4.56. The minimum Gasteiger partial charge on any atom is -0.352 e. The van der Waals surface area contributed by atoms with Crippen LogP contribution in [0.4, 0.5) is 0 Å². The maximum Gasteiger partial charge on any atom is 0.261 e. The number of rotatable bonds is 3. The molecule has 0 fully saturated rings. The van der Waals surface area contributed by atoms with Crippen LogP contribution in [0.5, 0.6) is 0 Å². The first-order valence-electron chi connectivity index (χ1n) is 10.8. The summed E-state index contributed by atoms with van der Waals surface area (Å²) in [6.07, 6.45) is 1.01. The molecule has 4 nitrogen and oxygen atoms in total. The highest BCUT2D eigenvalue weighted by Crippen LogP contribution is 2.55. The zero-order valence-electron chi connectivity index (χ0n) is 17.0. The molecule has 3 aliphatic carbocycles. The minimum absolute atomic E-state index is 0.167. The van der Waals surface area contributed by atoms with Crippen LogP contribution in [-0.2, 0) is 0 Å². The Hall–Kier alpha value is -3.66. The van der Waals surface area contributed by atoms with E-state index in [1.807, 2.05) is 24.3 Å². The first-order valence-corrected chi connectivity index (χ1v) is 10.8. The number of carbonyl (C=O) groups excluding carboxylic acids is 1. The summed E-state index contributed by atoms with van der Waals surface area (Å²) >= 11 is 0. The lowest BCUT2D eigenvalue weighted by Crippen LogP contribution is -2.40. The van der Waals surface area contributed by atoms with Crippen molar-refractivity contribution in [1.29, 1.82) is 0 Å². The van der Waals surface area contributed by atoms with Crippen LogP contribution in [0.25, 0.3) is 10.9 Å². The van der Waals surface area contributed by atoms with Crippen LogP contribution in [0.3, 0.4) is 0 Å². The van der Waals surface area contributed by atoms with Crippen molar-refractivity contribution in [3.05, 3.63) is 117 Å². The van der Waals surface area contributed by atoms with Gasteiger partial charge in [-0.15, -0.1) is 0 Å². The molecule has 0 saturated heterocycles. The van der Waals surface area contributed by atoms with Gasteiger partial charge in [0, 0.05) is 23.9 Å². The zero-order valence-corrected chi connectivity index (χ0v) is 17.0. The fraction of sp³-hybridized carbons (Fsp3) is 0.185. The van der Waals surface area contributed by atoms with Crippen LogP contribution in [0, 0.1) is 5.92 Å². The number of benzene rings is 3. The van der Waals surface area contributed by atoms with Gasteiger partial charge in [-0.05, 0) is 52.1 Å². The van der Waals surface area contributed by atoms with Crippen LogP contribution in [0.2, 0.25) is 0 Å². The summed E-state index contributed by atoms with van der Waals surface area (Å²) in [7, 11) is 0. The number of aromatic nitrogens is 1. The third-order valence-corrected chi connectivity index (χ3v) is 6.95. The van der Waals surface area contributed by atoms with Gasteiger partial charge in [-0.1, -0.05) is 66.7 Å². The highest BCUT2D eigenvalue weighted by atomic mass is 16.2. The summed E-state index contributed by atoms with van der Waals surface area (Å²) < 4.78 is 0. The monoisotopic (exact) mass is 406 g/mol. The average molecular weight is 406 g/mol. The van der Waals surface area contributed by atoms with Crippen LogP contribution in [0.15, 0.2) is 83.7 Å². The number of nitrogens with one attached hydrogen (secondary N) is 2. The summed E-state index contributed by atoms with van der Waals surface area (Å²) in [5.74, 6) is 0.629. The quantitative estimate of drug-likeness (QED) is 0.524. The number of hydrogen-bond donors (Lipinski definition) is 2. The van der Waals surface area contributed by atoms with E-state index in [4.69, 9.17) is 0 Å². The number of pyridine rings is 1. The van der Waals surface area contributed by atoms with Crippen molar-refractivity contribution in [2.75, 3.05) is 6.54 Å². The lowest BCUT2D eigenvalue weighted by molar-refractivity contribution is 0.0941. The van der Waals surface area contributed by atoms with Gasteiger partial charge in [-0.3, -0.25) is 9.59 Å². The zero-order chi connectivity index (χ0) is 20.9. The molecule has 1 amide bonds. The van der Waals surface area contributed by atoms with E-state index in [1.54, 1.807) is 6.07 Å². The largest absolute Gasteiger partial charge is 0.352 e. The smallest absolute Gasteiger partial charge is 0.261 e. The highest BCUT2D eigenvalue weighted by molar-refractivity contribution is 5.97. The van der Waals surface area contributed by atoms with Crippen molar-refractivity contribution < 1.29 is 4.79 Å². The summed E-state index contributed by atoms with van der Waals surface area (Å²) in [5, 5.41) is 3.92. The van der Waals surface area contributed by atoms with Gasteiger partial charge in [0.05, 0.1) is 0 Å². The van der Waals surface area contributed by atoms with Gasteiger partial charge in [0.25, 0.3) is 11.5 Å². The van der Waals surface area contributed by atoms with Crippen molar-refractivity contribution in [3.8, 4) is 0 Å². The molecule has 4 aromatic rings. The van der Waals surface area contributed by atoms with E-state index in [1.165, 1.54) is 22.3 Å². The SMILES string of the molecule is O=C(NCC1CC2c3ccccc3C1c1ccccc12)c1cc2ccccc2[nH]c1=O. The topological polar surface area (TPSA) is 62.0 Å². The molecule has 0 spiro atoms. The van der Waals surface area contributed by atoms with Gasteiger partial charge >= 0.3 is 0 Å². The Morgan fingerprint density at radius 1 is 0.871 bits per heavy atom. The third kappa shape index (κ3) is 2.82. The number of fused-ring (bicyclic) bond motifs is 2. The molecule has 1 heterocycles. The van der Waals surface area contributed by atoms with E-state index in [0.717, 1.165) is 17.3 Å². The Morgan fingerprint density at radius 3 is 2.19 bits per heavy atom. The molecule has 0 radical (unpaired) electrons. The summed E-state index contributed by atoms with van der Waals surface area (Å²) in [6, 6.07) is 26.6. The Bertz CT molecular complexity index is 1340. The fourth-order valence-corrected chi connectivity index (χ4v) is 5.59. The lowest BCUT2D eigenvalue weighted by atomic mass is 9.59. The third-order valence-electron chi connectivity index (χ3n) is 6.95. The van der Waals surface area contributed by atoms with Crippen molar-refractivity contribution in [3.63, 3.8) is 0 Å². The molecular weight excluding hydrogens is 384 g/mol. The molecule has 1 atom stereocenters. The summed E-state index contributed by atoms with van der Waals surface area (Å²) in [6.45, 7) is 0.551. The molecule has 3 aliphatic rings. The van der Waals surface area contributed by atoms with Gasteiger partial charge in [-0.25, -0.2) is 0 Å². The molecule has 152 valence electrons. The molecule has 2 bridgehead atoms. The van der Waals surface area contributed by atoms with Crippen molar-refractivity contribution in [2.45, 2.75) is 18.3 Å². The maximum atomic E-state index is 12.9. The molecule has 1 aromatic heterocycles. The molecule has 0 aliphatic heterocycles. The van der Waals surface area contributed by atoms with Crippen molar-refractivity contribution in [1.82, 2.24) is 10.3 Å². The molecular formula is C27H22N2O2. The molecule has 3 aromatic carbocycles. The standard InChI is InChI=1S/C27H22N2O2/c30-26(23-13-16-7-1-6-12-24(16)29-27(23)31)28-15-17-14-22-18-8-2-4-10-20(18)25(17)21-11-5-3-9-19(21)22/h1-13,17,22,25H,14-15H2,(H,28,30)(H,29,31). The summed E-state index contributed by atoms with van der Waals surface area (Å²) in [4.78, 5) is 28.2. The predicted molar refractivity (Wildman–Crippen MR) is 122 cm³/mol. The molecule has 4 heteroatoms. The van der Waals surface area contributed by atoms with Crippen LogP contribution in [0.1, 0.15) is 50.9 Å². The van der Waals surface area contributed by atoms with Gasteiger partial charge in [0.15, 0.2) is 0 Å². The van der Waals surface area contributed by atoms with E-state index < -0.39 is 0 Å².